The zero-order valence-corrected chi connectivity index (χ0v) is 18.1. The second-order valence-electron chi connectivity index (χ2n) is 6.84. The van der Waals surface area contributed by atoms with Crippen LogP contribution < -0.4 is 20.1 Å². The minimum absolute atomic E-state index is 0.138. The van der Waals surface area contributed by atoms with E-state index in [-0.39, 0.29) is 18.2 Å². The fourth-order valence-corrected chi connectivity index (χ4v) is 4.08. The lowest BCUT2D eigenvalue weighted by molar-refractivity contribution is -0.120. The van der Waals surface area contributed by atoms with Crippen LogP contribution in [0.15, 0.2) is 47.8 Å². The van der Waals surface area contributed by atoms with Crippen LogP contribution in [-0.4, -0.2) is 36.6 Å². The lowest BCUT2D eigenvalue weighted by Crippen LogP contribution is -2.27. The molecule has 9 heteroatoms. The monoisotopic (exact) mass is 457 g/mol. The molecule has 7 nitrogen and oxygen atoms in total. The van der Waals surface area contributed by atoms with Gasteiger partial charge in [-0.25, -0.2) is 4.98 Å². The van der Waals surface area contributed by atoms with Crippen molar-refractivity contribution in [3.8, 4) is 11.5 Å². The summed E-state index contributed by atoms with van der Waals surface area (Å²) in [7, 11) is 0. The molecule has 0 saturated carbocycles. The third-order valence-electron chi connectivity index (χ3n) is 4.54. The first kappa shape index (κ1) is 21.1. The van der Waals surface area contributed by atoms with Gasteiger partial charge in [-0.2, -0.15) is 0 Å². The topological polar surface area (TPSA) is 89.6 Å². The maximum absolute atomic E-state index is 12.3. The van der Waals surface area contributed by atoms with Crippen molar-refractivity contribution in [2.24, 2.45) is 0 Å². The molecule has 0 bridgehead atoms. The molecule has 0 radical (unpaired) electrons. The maximum Gasteiger partial charge on any atom is 0.257 e. The number of amides is 2. The molecular weight excluding hydrogens is 438 g/mol. The van der Waals surface area contributed by atoms with E-state index >= 15 is 0 Å². The van der Waals surface area contributed by atoms with E-state index in [9.17, 15) is 9.59 Å². The quantitative estimate of drug-likeness (QED) is 0.564. The van der Waals surface area contributed by atoms with Crippen LogP contribution in [0.2, 0.25) is 5.02 Å². The highest BCUT2D eigenvalue weighted by Crippen LogP contribution is 2.38. The van der Waals surface area contributed by atoms with E-state index in [0.717, 1.165) is 5.56 Å². The molecule has 31 heavy (non-hydrogen) atoms. The Hall–Kier alpha value is -3.10. The largest absolute Gasteiger partial charge is 0.486 e. The summed E-state index contributed by atoms with van der Waals surface area (Å²) < 4.78 is 11.1. The molecule has 3 aromatic rings. The number of halogens is 1. The maximum atomic E-state index is 12.3. The van der Waals surface area contributed by atoms with Gasteiger partial charge in [-0.1, -0.05) is 29.8 Å². The van der Waals surface area contributed by atoms with Crippen LogP contribution in [-0.2, 0) is 17.6 Å². The lowest BCUT2D eigenvalue weighted by Gasteiger charge is -2.20. The number of nitrogens with zero attached hydrogens (tertiary/aromatic N) is 1. The summed E-state index contributed by atoms with van der Waals surface area (Å²) in [5.41, 5.74) is 2.11. The number of rotatable bonds is 7. The van der Waals surface area contributed by atoms with Crippen LogP contribution in [0.5, 0.6) is 11.5 Å². The third kappa shape index (κ3) is 5.53. The Morgan fingerprint density at radius 3 is 2.77 bits per heavy atom. The highest BCUT2D eigenvalue weighted by molar-refractivity contribution is 7.14. The van der Waals surface area contributed by atoms with Gasteiger partial charge in [0.15, 0.2) is 16.6 Å². The molecule has 0 fully saturated rings. The molecule has 2 amide bonds. The van der Waals surface area contributed by atoms with Crippen molar-refractivity contribution in [1.82, 2.24) is 10.3 Å². The number of hydrogen-bond donors (Lipinski definition) is 2. The van der Waals surface area contributed by atoms with E-state index in [0.29, 0.717) is 59.1 Å². The highest BCUT2D eigenvalue weighted by Gasteiger charge is 2.17. The minimum atomic E-state index is -0.232. The Balaban J connectivity index is 1.25. The molecule has 0 spiro atoms. The molecule has 0 unspecified atom stereocenters. The fourth-order valence-electron chi connectivity index (χ4n) is 3.09. The van der Waals surface area contributed by atoms with E-state index in [1.165, 1.54) is 11.3 Å². The van der Waals surface area contributed by atoms with Crippen LogP contribution in [0.1, 0.15) is 21.6 Å². The number of benzene rings is 2. The van der Waals surface area contributed by atoms with Crippen LogP contribution in [0, 0.1) is 0 Å². The standard InChI is InChI=1S/C22H20ClN3O4S/c23-17-10-14(11-18-20(17)30-9-8-29-18)6-7-24-19(27)12-16-13-31-22(25-16)26-21(28)15-4-2-1-3-5-15/h1-5,10-11,13H,6-9,12H2,(H,24,27)(H,25,26,28). The molecule has 2 heterocycles. The minimum Gasteiger partial charge on any atom is -0.486 e. The smallest absolute Gasteiger partial charge is 0.257 e. The van der Waals surface area contributed by atoms with E-state index in [2.05, 4.69) is 15.6 Å². The fraction of sp³-hybridized carbons (Fsp3) is 0.227. The van der Waals surface area contributed by atoms with Crippen LogP contribution in [0.4, 0.5) is 5.13 Å². The molecule has 0 aliphatic carbocycles. The summed E-state index contributed by atoms with van der Waals surface area (Å²) in [5.74, 6) is 0.825. The first-order valence-corrected chi connectivity index (χ1v) is 11.0. The molecule has 2 N–H and O–H groups in total. The van der Waals surface area contributed by atoms with Gasteiger partial charge in [-0.3, -0.25) is 14.9 Å². The first-order chi connectivity index (χ1) is 15.1. The molecule has 0 atom stereocenters. The van der Waals surface area contributed by atoms with Crippen LogP contribution in [0.25, 0.3) is 0 Å². The van der Waals surface area contributed by atoms with Crippen LogP contribution >= 0.6 is 22.9 Å². The van der Waals surface area contributed by atoms with Gasteiger partial charge in [0.1, 0.15) is 13.2 Å². The average molecular weight is 458 g/mol. The van der Waals surface area contributed by atoms with Crippen molar-refractivity contribution in [1.29, 1.82) is 0 Å². The van der Waals surface area contributed by atoms with Gasteiger partial charge < -0.3 is 14.8 Å². The lowest BCUT2D eigenvalue weighted by atomic mass is 10.1. The van der Waals surface area contributed by atoms with Crippen molar-refractivity contribution in [3.63, 3.8) is 0 Å². The molecule has 160 valence electrons. The molecule has 1 aliphatic rings. The number of carbonyl (C=O) groups excluding carboxylic acids is 2. The highest BCUT2D eigenvalue weighted by atomic mass is 35.5. The summed E-state index contributed by atoms with van der Waals surface area (Å²) in [4.78, 5) is 28.8. The number of aromatic nitrogens is 1. The summed E-state index contributed by atoms with van der Waals surface area (Å²) in [6.45, 7) is 1.43. The average Bonchev–Trinajstić information content (AvgIpc) is 3.21. The van der Waals surface area contributed by atoms with Crippen molar-refractivity contribution >= 4 is 39.9 Å². The number of nitrogens with one attached hydrogen (secondary N) is 2. The Morgan fingerprint density at radius 1 is 1.13 bits per heavy atom. The normalized spacial score (nSPS) is 12.3. The summed E-state index contributed by atoms with van der Waals surface area (Å²) in [6, 6.07) is 12.6. The Kier molecular flexibility index (Phi) is 6.69. The van der Waals surface area contributed by atoms with Gasteiger partial charge >= 0.3 is 0 Å². The molecule has 4 rings (SSSR count). The van der Waals surface area contributed by atoms with E-state index in [1.54, 1.807) is 29.6 Å². The van der Waals surface area contributed by atoms with Gasteiger partial charge in [0, 0.05) is 17.5 Å². The molecule has 1 aliphatic heterocycles. The number of anilines is 1. The van der Waals surface area contributed by atoms with Crippen molar-refractivity contribution in [2.75, 3.05) is 25.1 Å². The zero-order valence-electron chi connectivity index (χ0n) is 16.5. The Labute approximate surface area is 188 Å². The molecule has 1 aromatic heterocycles. The summed E-state index contributed by atoms with van der Waals surface area (Å²) in [5, 5.41) is 8.36. The second kappa shape index (κ2) is 9.80. The van der Waals surface area contributed by atoms with Gasteiger partial charge in [0.05, 0.1) is 17.1 Å². The van der Waals surface area contributed by atoms with Gasteiger partial charge in [-0.05, 0) is 36.2 Å². The van der Waals surface area contributed by atoms with E-state index in [1.807, 2.05) is 18.2 Å². The summed E-state index contributed by atoms with van der Waals surface area (Å²) in [6.07, 6.45) is 0.747. The van der Waals surface area contributed by atoms with Gasteiger partial charge in [-0.15, -0.1) is 11.3 Å². The van der Waals surface area contributed by atoms with Gasteiger partial charge in [0.2, 0.25) is 5.91 Å². The Bertz CT molecular complexity index is 1090. The number of ether oxygens (including phenoxy) is 2. The number of thiazole rings is 1. The number of fused-ring (bicyclic) bond motifs is 1. The SMILES string of the molecule is O=C(Cc1csc(NC(=O)c2ccccc2)n1)NCCc1cc(Cl)c2c(c1)OCCO2. The third-order valence-corrected chi connectivity index (χ3v) is 5.63. The van der Waals surface area contributed by atoms with Gasteiger partial charge in [0.25, 0.3) is 5.91 Å². The van der Waals surface area contributed by atoms with E-state index in [4.69, 9.17) is 21.1 Å². The van der Waals surface area contributed by atoms with Crippen molar-refractivity contribution in [2.45, 2.75) is 12.8 Å². The molecule has 2 aromatic carbocycles. The number of carbonyl (C=O) groups is 2. The molecule has 0 saturated heterocycles. The Morgan fingerprint density at radius 2 is 1.94 bits per heavy atom. The second-order valence-corrected chi connectivity index (χ2v) is 8.11. The van der Waals surface area contributed by atoms with Crippen LogP contribution in [0.3, 0.4) is 0 Å². The zero-order chi connectivity index (χ0) is 21.6. The predicted molar refractivity (Wildman–Crippen MR) is 119 cm³/mol. The van der Waals surface area contributed by atoms with E-state index < -0.39 is 0 Å². The predicted octanol–water partition coefficient (Wildman–Crippen LogP) is 3.72. The number of hydrogen-bond acceptors (Lipinski definition) is 6. The first-order valence-electron chi connectivity index (χ1n) is 9.74. The van der Waals surface area contributed by atoms with Crippen molar-refractivity contribution in [3.05, 3.63) is 69.7 Å². The molecular formula is C22H20ClN3O4S. The summed E-state index contributed by atoms with van der Waals surface area (Å²) >= 11 is 7.53. The van der Waals surface area contributed by atoms with Crippen molar-refractivity contribution < 1.29 is 19.1 Å².